The molecule has 3 fully saturated rings. The molecular weight excluding hydrogens is 422 g/mol. The van der Waals surface area contributed by atoms with Crippen molar-refractivity contribution in [2.24, 2.45) is 11.8 Å². The van der Waals surface area contributed by atoms with Crippen LogP contribution in [0.2, 0.25) is 0 Å². The minimum Gasteiger partial charge on any atom is -0.469 e. The molecule has 2 aromatic carbocycles. The van der Waals surface area contributed by atoms with E-state index in [1.54, 1.807) is 12.1 Å². The van der Waals surface area contributed by atoms with Crippen LogP contribution < -0.4 is 10.2 Å². The fourth-order valence-corrected chi connectivity index (χ4v) is 5.76. The first-order chi connectivity index (χ1) is 15.9. The summed E-state index contributed by atoms with van der Waals surface area (Å²) < 4.78 is 4.93. The number of ether oxygens (including phenoxy) is 1. The molecule has 2 aromatic rings. The largest absolute Gasteiger partial charge is 0.469 e. The van der Waals surface area contributed by atoms with Crippen LogP contribution in [0.15, 0.2) is 54.6 Å². The number of nitrogens with zero attached hydrogens (tertiary/aromatic N) is 2. The lowest BCUT2D eigenvalue weighted by Gasteiger charge is -2.45. The molecule has 0 saturated carbocycles. The second kappa shape index (κ2) is 7.81. The van der Waals surface area contributed by atoms with Crippen LogP contribution in [-0.4, -0.2) is 54.3 Å². The summed E-state index contributed by atoms with van der Waals surface area (Å²) in [7, 11) is 1.26. The Bertz CT molecular complexity index is 1130. The smallest absolute Gasteiger partial charge is 0.307 e. The maximum absolute atomic E-state index is 13.9. The molecule has 0 unspecified atom stereocenters. The molecular formula is C25H25N3O5. The highest BCUT2D eigenvalue weighted by molar-refractivity contribution is 6.24. The number of anilines is 1. The lowest BCUT2D eigenvalue weighted by Crippen LogP contribution is -2.67. The molecule has 0 bridgehead atoms. The first-order valence-corrected chi connectivity index (χ1v) is 11.0. The van der Waals surface area contributed by atoms with Crippen LogP contribution in [0.5, 0.6) is 0 Å². The Morgan fingerprint density at radius 3 is 2.42 bits per heavy atom. The van der Waals surface area contributed by atoms with Gasteiger partial charge in [0.25, 0.3) is 0 Å². The molecule has 170 valence electrons. The van der Waals surface area contributed by atoms with Gasteiger partial charge in [-0.2, -0.15) is 0 Å². The topological polar surface area (TPSA) is 96.0 Å². The van der Waals surface area contributed by atoms with Gasteiger partial charge >= 0.3 is 5.97 Å². The van der Waals surface area contributed by atoms with E-state index in [-0.39, 0.29) is 12.3 Å². The third-order valence-electron chi connectivity index (χ3n) is 7.16. The quantitative estimate of drug-likeness (QED) is 0.565. The molecule has 4 atom stereocenters. The Balaban J connectivity index is 1.70. The van der Waals surface area contributed by atoms with E-state index < -0.39 is 41.2 Å². The van der Waals surface area contributed by atoms with Crippen LogP contribution in [0.4, 0.5) is 5.69 Å². The van der Waals surface area contributed by atoms with Gasteiger partial charge in [-0.3, -0.25) is 24.1 Å². The molecule has 0 spiro atoms. The standard InChI is InChI=1S/C25H25N3O5/c1-15-8-10-17(11-9-15)28-22(30)19-20(23(28)31)25(14-18(29)33-2)24(32)26-12-13-27(25)21(19)16-6-4-3-5-7-16/h3-11,19-21H,12-14H2,1-2H3,(H,26,32)/t19-,20+,21+,25+/m1/s1. The molecule has 3 heterocycles. The van der Waals surface area contributed by atoms with Crippen LogP contribution in [0, 0.1) is 18.8 Å². The Labute approximate surface area is 191 Å². The first-order valence-electron chi connectivity index (χ1n) is 11.0. The molecule has 8 heteroatoms. The number of methoxy groups -OCH3 is 1. The maximum Gasteiger partial charge on any atom is 0.307 e. The zero-order chi connectivity index (χ0) is 23.3. The summed E-state index contributed by atoms with van der Waals surface area (Å²) in [4.78, 5) is 56.8. The van der Waals surface area contributed by atoms with Crippen molar-refractivity contribution in [3.63, 3.8) is 0 Å². The number of rotatable bonds is 4. The number of piperazine rings is 1. The van der Waals surface area contributed by atoms with Gasteiger partial charge in [0.15, 0.2) is 0 Å². The van der Waals surface area contributed by atoms with E-state index in [0.29, 0.717) is 18.8 Å². The summed E-state index contributed by atoms with van der Waals surface area (Å²) in [5, 5.41) is 2.84. The fraction of sp³-hybridized carbons (Fsp3) is 0.360. The van der Waals surface area contributed by atoms with Crippen molar-refractivity contribution in [1.29, 1.82) is 0 Å². The van der Waals surface area contributed by atoms with Gasteiger partial charge in [-0.1, -0.05) is 48.0 Å². The fourth-order valence-electron chi connectivity index (χ4n) is 5.76. The van der Waals surface area contributed by atoms with Crippen molar-refractivity contribution >= 4 is 29.4 Å². The summed E-state index contributed by atoms with van der Waals surface area (Å²) >= 11 is 0. The molecule has 0 aliphatic carbocycles. The van der Waals surface area contributed by atoms with Gasteiger partial charge in [-0.05, 0) is 24.6 Å². The van der Waals surface area contributed by atoms with E-state index in [9.17, 15) is 19.2 Å². The average molecular weight is 447 g/mol. The van der Waals surface area contributed by atoms with E-state index in [4.69, 9.17) is 4.74 Å². The minimum absolute atomic E-state index is 0.305. The van der Waals surface area contributed by atoms with Crippen molar-refractivity contribution in [1.82, 2.24) is 10.2 Å². The predicted octanol–water partition coefficient (Wildman–Crippen LogP) is 1.59. The molecule has 0 aromatic heterocycles. The number of hydrogen-bond donors (Lipinski definition) is 1. The predicted molar refractivity (Wildman–Crippen MR) is 119 cm³/mol. The van der Waals surface area contributed by atoms with E-state index in [0.717, 1.165) is 11.1 Å². The number of imide groups is 1. The van der Waals surface area contributed by atoms with E-state index in [1.807, 2.05) is 54.3 Å². The number of carbonyl (C=O) groups is 4. The number of fused-ring (bicyclic) bond motifs is 3. The van der Waals surface area contributed by atoms with Crippen LogP contribution in [0.25, 0.3) is 0 Å². The van der Waals surface area contributed by atoms with Crippen molar-refractivity contribution in [2.75, 3.05) is 25.1 Å². The first kappa shape index (κ1) is 21.3. The highest BCUT2D eigenvalue weighted by Gasteiger charge is 2.73. The van der Waals surface area contributed by atoms with E-state index in [1.165, 1.54) is 12.0 Å². The van der Waals surface area contributed by atoms with Gasteiger partial charge in [0.05, 0.1) is 31.1 Å². The molecule has 3 saturated heterocycles. The normalized spacial score (nSPS) is 29.0. The zero-order valence-electron chi connectivity index (χ0n) is 18.5. The third kappa shape index (κ3) is 3.01. The molecule has 3 aliphatic heterocycles. The molecule has 3 amide bonds. The van der Waals surface area contributed by atoms with Crippen LogP contribution in [0.1, 0.15) is 23.6 Å². The van der Waals surface area contributed by atoms with Crippen LogP contribution >= 0.6 is 0 Å². The number of nitrogens with one attached hydrogen (secondary N) is 1. The third-order valence-corrected chi connectivity index (χ3v) is 7.16. The second-order valence-corrected chi connectivity index (χ2v) is 8.83. The number of amides is 3. The SMILES string of the molecule is COC(=O)C[C@]12C(=O)NCCN1[C@@H](c1ccccc1)[C@@H]1C(=O)N(c3ccc(C)cc3)C(=O)[C@H]12. The highest BCUT2D eigenvalue weighted by Crippen LogP contribution is 2.57. The lowest BCUT2D eigenvalue weighted by molar-refractivity contribution is -0.154. The van der Waals surface area contributed by atoms with Gasteiger partial charge in [-0.25, -0.2) is 4.90 Å². The Hall–Kier alpha value is -3.52. The maximum atomic E-state index is 13.9. The molecule has 8 nitrogen and oxygen atoms in total. The van der Waals surface area contributed by atoms with Gasteiger partial charge < -0.3 is 10.1 Å². The number of aryl methyl sites for hydroxylation is 1. The summed E-state index contributed by atoms with van der Waals surface area (Å²) in [5.41, 5.74) is 0.803. The van der Waals surface area contributed by atoms with Crippen LogP contribution in [0.3, 0.4) is 0 Å². The summed E-state index contributed by atoms with van der Waals surface area (Å²) in [5.74, 6) is -3.63. The Morgan fingerprint density at radius 1 is 1.06 bits per heavy atom. The monoisotopic (exact) mass is 447 g/mol. The summed E-state index contributed by atoms with van der Waals surface area (Å²) in [6.45, 7) is 2.71. The molecule has 0 radical (unpaired) electrons. The van der Waals surface area contributed by atoms with Gasteiger partial charge in [-0.15, -0.1) is 0 Å². The molecule has 1 N–H and O–H groups in total. The Kier molecular flexibility index (Phi) is 5.05. The second-order valence-electron chi connectivity index (χ2n) is 8.83. The highest BCUT2D eigenvalue weighted by atomic mass is 16.5. The van der Waals surface area contributed by atoms with Gasteiger partial charge in [0.1, 0.15) is 5.54 Å². The van der Waals surface area contributed by atoms with Crippen LogP contribution in [-0.2, 0) is 23.9 Å². The number of carbonyl (C=O) groups excluding carboxylic acids is 4. The number of esters is 1. The lowest BCUT2D eigenvalue weighted by atomic mass is 9.76. The van der Waals surface area contributed by atoms with Crippen molar-refractivity contribution in [3.05, 3.63) is 65.7 Å². The van der Waals surface area contributed by atoms with Gasteiger partial charge in [0, 0.05) is 19.1 Å². The summed E-state index contributed by atoms with van der Waals surface area (Å²) in [6.07, 6.45) is -0.305. The summed E-state index contributed by atoms with van der Waals surface area (Å²) in [6, 6.07) is 16.0. The van der Waals surface area contributed by atoms with Crippen molar-refractivity contribution < 1.29 is 23.9 Å². The van der Waals surface area contributed by atoms with E-state index in [2.05, 4.69) is 5.32 Å². The molecule has 33 heavy (non-hydrogen) atoms. The van der Waals surface area contributed by atoms with Crippen molar-refractivity contribution in [2.45, 2.75) is 24.9 Å². The molecule has 5 rings (SSSR count). The number of benzene rings is 2. The van der Waals surface area contributed by atoms with Crippen molar-refractivity contribution in [3.8, 4) is 0 Å². The van der Waals surface area contributed by atoms with Gasteiger partial charge in [0.2, 0.25) is 17.7 Å². The number of hydrogen-bond acceptors (Lipinski definition) is 6. The zero-order valence-corrected chi connectivity index (χ0v) is 18.5. The average Bonchev–Trinajstić information content (AvgIpc) is 3.26. The minimum atomic E-state index is -1.50. The Morgan fingerprint density at radius 2 is 1.76 bits per heavy atom. The molecule has 3 aliphatic rings. The van der Waals surface area contributed by atoms with E-state index >= 15 is 0 Å².